The minimum Gasteiger partial charge on any atom is -0.325 e. The van der Waals surface area contributed by atoms with Gasteiger partial charge in [0.2, 0.25) is 5.91 Å². The monoisotopic (exact) mass is 280 g/mol. The molecule has 2 rings (SSSR count). The number of hydrogen-bond acceptors (Lipinski definition) is 2. The SMILES string of the molecule is CC(C)CC1NC(C2CCCC2)N(CC(C)(C)C)C1=O. The number of nitrogens with one attached hydrogen (secondary N) is 1. The highest BCUT2D eigenvalue weighted by atomic mass is 16.2. The zero-order valence-corrected chi connectivity index (χ0v) is 13.9. The summed E-state index contributed by atoms with van der Waals surface area (Å²) < 4.78 is 0. The van der Waals surface area contributed by atoms with Crippen molar-refractivity contribution < 1.29 is 4.79 Å². The standard InChI is InChI=1S/C17H32N2O/c1-12(2)10-14-16(20)19(11-17(3,4)5)15(18-14)13-8-6-7-9-13/h12-15,18H,6-11H2,1-5H3. The van der Waals surface area contributed by atoms with Crippen LogP contribution in [0.4, 0.5) is 0 Å². The maximum atomic E-state index is 12.7. The summed E-state index contributed by atoms with van der Waals surface area (Å²) >= 11 is 0. The first-order chi connectivity index (χ1) is 9.28. The van der Waals surface area contributed by atoms with E-state index >= 15 is 0 Å². The van der Waals surface area contributed by atoms with E-state index in [1.807, 2.05) is 0 Å². The maximum absolute atomic E-state index is 12.7. The molecule has 0 bridgehead atoms. The minimum absolute atomic E-state index is 0.0444. The smallest absolute Gasteiger partial charge is 0.241 e. The van der Waals surface area contributed by atoms with Crippen LogP contribution in [0.15, 0.2) is 0 Å². The topological polar surface area (TPSA) is 32.3 Å². The first-order valence-electron chi connectivity index (χ1n) is 8.34. The van der Waals surface area contributed by atoms with Gasteiger partial charge in [-0.2, -0.15) is 0 Å². The lowest BCUT2D eigenvalue weighted by molar-refractivity contribution is -0.132. The molecule has 1 saturated heterocycles. The van der Waals surface area contributed by atoms with E-state index in [9.17, 15) is 4.79 Å². The minimum atomic E-state index is 0.0444. The van der Waals surface area contributed by atoms with Gasteiger partial charge < -0.3 is 4.90 Å². The van der Waals surface area contributed by atoms with Gasteiger partial charge in [0.05, 0.1) is 12.2 Å². The van der Waals surface area contributed by atoms with Crippen LogP contribution in [0.3, 0.4) is 0 Å². The summed E-state index contributed by atoms with van der Waals surface area (Å²) in [6.45, 7) is 11.9. The molecule has 1 N–H and O–H groups in total. The van der Waals surface area contributed by atoms with Gasteiger partial charge in [0.1, 0.15) is 0 Å². The zero-order valence-electron chi connectivity index (χ0n) is 13.9. The quantitative estimate of drug-likeness (QED) is 0.856. The lowest BCUT2D eigenvalue weighted by Gasteiger charge is -2.34. The van der Waals surface area contributed by atoms with E-state index in [1.54, 1.807) is 0 Å². The molecule has 2 atom stereocenters. The van der Waals surface area contributed by atoms with E-state index in [2.05, 4.69) is 44.8 Å². The molecule has 1 heterocycles. The van der Waals surface area contributed by atoms with Gasteiger partial charge in [-0.3, -0.25) is 10.1 Å². The molecule has 2 fully saturated rings. The van der Waals surface area contributed by atoms with Crippen LogP contribution < -0.4 is 5.32 Å². The number of amides is 1. The molecule has 20 heavy (non-hydrogen) atoms. The van der Waals surface area contributed by atoms with E-state index in [0.29, 0.717) is 17.7 Å². The van der Waals surface area contributed by atoms with Crippen LogP contribution in [0.2, 0.25) is 0 Å². The van der Waals surface area contributed by atoms with Crippen molar-refractivity contribution in [2.75, 3.05) is 6.54 Å². The van der Waals surface area contributed by atoms with Gasteiger partial charge in [0.25, 0.3) is 0 Å². The molecule has 0 aromatic heterocycles. The molecular weight excluding hydrogens is 248 g/mol. The third kappa shape index (κ3) is 3.75. The second kappa shape index (κ2) is 6.05. The van der Waals surface area contributed by atoms with Crippen molar-refractivity contribution in [1.29, 1.82) is 0 Å². The highest BCUT2D eigenvalue weighted by Crippen LogP contribution is 2.34. The Hall–Kier alpha value is -0.570. The van der Waals surface area contributed by atoms with Gasteiger partial charge in [0, 0.05) is 6.54 Å². The number of nitrogens with zero attached hydrogens (tertiary/aromatic N) is 1. The second-order valence-electron chi connectivity index (χ2n) is 8.36. The highest BCUT2D eigenvalue weighted by Gasteiger charge is 2.44. The Labute approximate surface area is 124 Å². The summed E-state index contributed by atoms with van der Waals surface area (Å²) in [5, 5.41) is 3.66. The summed E-state index contributed by atoms with van der Waals surface area (Å²) in [5.41, 5.74) is 0.168. The molecule has 1 saturated carbocycles. The number of carbonyl (C=O) groups is 1. The Kier molecular flexibility index (Phi) is 4.78. The molecule has 3 nitrogen and oxygen atoms in total. The molecule has 1 aliphatic carbocycles. The average molecular weight is 280 g/mol. The summed E-state index contributed by atoms with van der Waals surface area (Å²) in [7, 11) is 0. The molecule has 1 amide bonds. The van der Waals surface area contributed by atoms with Gasteiger partial charge in [-0.15, -0.1) is 0 Å². The largest absolute Gasteiger partial charge is 0.325 e. The van der Waals surface area contributed by atoms with Crippen molar-refractivity contribution in [2.45, 2.75) is 78.9 Å². The molecule has 116 valence electrons. The van der Waals surface area contributed by atoms with Crippen molar-refractivity contribution in [3.63, 3.8) is 0 Å². The Morgan fingerprint density at radius 2 is 1.85 bits per heavy atom. The van der Waals surface area contributed by atoms with Crippen LogP contribution in [0.25, 0.3) is 0 Å². The van der Waals surface area contributed by atoms with Gasteiger partial charge in [-0.25, -0.2) is 0 Å². The van der Waals surface area contributed by atoms with Crippen LogP contribution in [0.1, 0.15) is 66.7 Å². The Bertz CT molecular complexity index is 339. The van der Waals surface area contributed by atoms with Crippen molar-refractivity contribution in [2.24, 2.45) is 17.3 Å². The van der Waals surface area contributed by atoms with E-state index in [0.717, 1.165) is 13.0 Å². The number of carbonyl (C=O) groups excluding carboxylic acids is 1. The molecular formula is C17H32N2O. The molecule has 2 aliphatic rings. The molecule has 2 unspecified atom stereocenters. The molecule has 0 radical (unpaired) electrons. The molecule has 0 aromatic rings. The normalized spacial score (nSPS) is 28.9. The summed E-state index contributed by atoms with van der Waals surface area (Å²) in [5.74, 6) is 1.57. The van der Waals surface area contributed by atoms with Crippen molar-refractivity contribution in [3.05, 3.63) is 0 Å². The van der Waals surface area contributed by atoms with Gasteiger partial charge in [0.15, 0.2) is 0 Å². The summed E-state index contributed by atoms with van der Waals surface area (Å²) in [6, 6.07) is 0.0444. The predicted molar refractivity (Wildman–Crippen MR) is 83.3 cm³/mol. The number of rotatable bonds is 4. The average Bonchev–Trinajstić information content (AvgIpc) is 2.90. The predicted octanol–water partition coefficient (Wildman–Crippen LogP) is 3.40. The highest BCUT2D eigenvalue weighted by molar-refractivity contribution is 5.84. The fourth-order valence-corrected chi connectivity index (χ4v) is 3.70. The maximum Gasteiger partial charge on any atom is 0.241 e. The fourth-order valence-electron chi connectivity index (χ4n) is 3.70. The van der Waals surface area contributed by atoms with Crippen molar-refractivity contribution in [3.8, 4) is 0 Å². The van der Waals surface area contributed by atoms with Gasteiger partial charge >= 0.3 is 0 Å². The van der Waals surface area contributed by atoms with Gasteiger partial charge in [-0.1, -0.05) is 47.5 Å². The lowest BCUT2D eigenvalue weighted by atomic mass is 9.94. The first kappa shape index (κ1) is 15.8. The van der Waals surface area contributed by atoms with Crippen LogP contribution in [0.5, 0.6) is 0 Å². The molecule has 3 heteroatoms. The number of hydrogen-bond donors (Lipinski definition) is 1. The van der Waals surface area contributed by atoms with Gasteiger partial charge in [-0.05, 0) is 36.5 Å². The molecule has 0 spiro atoms. The van der Waals surface area contributed by atoms with Crippen molar-refractivity contribution in [1.82, 2.24) is 10.2 Å². The van der Waals surface area contributed by atoms with E-state index in [-0.39, 0.29) is 17.6 Å². The van der Waals surface area contributed by atoms with Crippen molar-refractivity contribution >= 4 is 5.91 Å². The Morgan fingerprint density at radius 1 is 1.25 bits per heavy atom. The van der Waals surface area contributed by atoms with Crippen LogP contribution in [0, 0.1) is 17.3 Å². The second-order valence-corrected chi connectivity index (χ2v) is 8.36. The molecule has 1 aliphatic heterocycles. The summed E-state index contributed by atoms with van der Waals surface area (Å²) in [4.78, 5) is 14.9. The molecule has 0 aromatic carbocycles. The first-order valence-corrected chi connectivity index (χ1v) is 8.34. The zero-order chi connectivity index (χ0) is 14.9. The Morgan fingerprint density at radius 3 is 2.35 bits per heavy atom. The fraction of sp³-hybridized carbons (Fsp3) is 0.941. The van der Waals surface area contributed by atoms with Crippen LogP contribution >= 0.6 is 0 Å². The third-order valence-electron chi connectivity index (χ3n) is 4.49. The summed E-state index contributed by atoms with van der Waals surface area (Å²) in [6.07, 6.45) is 6.46. The van der Waals surface area contributed by atoms with Crippen LogP contribution in [-0.2, 0) is 4.79 Å². The third-order valence-corrected chi connectivity index (χ3v) is 4.49. The van der Waals surface area contributed by atoms with E-state index in [4.69, 9.17) is 0 Å². The lowest BCUT2D eigenvalue weighted by Crippen LogP contribution is -2.45. The van der Waals surface area contributed by atoms with E-state index < -0.39 is 0 Å². The van der Waals surface area contributed by atoms with E-state index in [1.165, 1.54) is 25.7 Å². The Balaban J connectivity index is 2.11. The van der Waals surface area contributed by atoms with Crippen LogP contribution in [-0.4, -0.2) is 29.6 Å².